The standard InChI is InChI=1S/C12H16FNO2/c1-3-14(12(15)16-2)8-7-10-5-4-6-11(13)9-10/h4-6,9H,3,7-8H2,1-2H3. The number of benzene rings is 1. The first kappa shape index (κ1) is 12.5. The highest BCUT2D eigenvalue weighted by atomic mass is 19.1. The van der Waals surface area contributed by atoms with Crippen LogP contribution in [0.25, 0.3) is 0 Å². The van der Waals surface area contributed by atoms with Crippen LogP contribution in [0.1, 0.15) is 12.5 Å². The van der Waals surface area contributed by atoms with Gasteiger partial charge in [0, 0.05) is 13.1 Å². The van der Waals surface area contributed by atoms with Crippen molar-refractivity contribution in [3.8, 4) is 0 Å². The SMILES string of the molecule is CCN(CCc1cccc(F)c1)C(=O)OC. The Balaban J connectivity index is 2.52. The monoisotopic (exact) mass is 225 g/mol. The van der Waals surface area contributed by atoms with Crippen molar-refractivity contribution in [2.45, 2.75) is 13.3 Å². The predicted molar refractivity (Wildman–Crippen MR) is 59.8 cm³/mol. The molecule has 0 aromatic heterocycles. The van der Waals surface area contributed by atoms with Gasteiger partial charge < -0.3 is 9.64 Å². The van der Waals surface area contributed by atoms with E-state index in [0.717, 1.165) is 5.56 Å². The summed E-state index contributed by atoms with van der Waals surface area (Å²) in [4.78, 5) is 12.8. The van der Waals surface area contributed by atoms with Gasteiger partial charge in [-0.25, -0.2) is 9.18 Å². The molecule has 0 unspecified atom stereocenters. The fourth-order valence-corrected chi connectivity index (χ4v) is 1.46. The van der Waals surface area contributed by atoms with E-state index in [4.69, 9.17) is 0 Å². The molecule has 16 heavy (non-hydrogen) atoms. The zero-order valence-electron chi connectivity index (χ0n) is 9.57. The van der Waals surface area contributed by atoms with Crippen molar-refractivity contribution in [3.05, 3.63) is 35.6 Å². The molecule has 4 heteroatoms. The van der Waals surface area contributed by atoms with E-state index in [1.54, 1.807) is 11.0 Å². The van der Waals surface area contributed by atoms with Gasteiger partial charge >= 0.3 is 6.09 Å². The molecule has 0 aliphatic rings. The number of hydrogen-bond acceptors (Lipinski definition) is 2. The number of rotatable bonds is 4. The average Bonchev–Trinajstić information content (AvgIpc) is 2.29. The summed E-state index contributed by atoms with van der Waals surface area (Å²) in [5.74, 6) is -0.251. The van der Waals surface area contributed by atoms with E-state index in [0.29, 0.717) is 19.5 Å². The molecule has 3 nitrogen and oxygen atoms in total. The molecule has 1 amide bonds. The van der Waals surface area contributed by atoms with Gasteiger partial charge in [-0.3, -0.25) is 0 Å². The van der Waals surface area contributed by atoms with Gasteiger partial charge in [0.1, 0.15) is 5.82 Å². The fourth-order valence-electron chi connectivity index (χ4n) is 1.46. The molecule has 0 bridgehead atoms. The first-order chi connectivity index (χ1) is 7.67. The highest BCUT2D eigenvalue weighted by molar-refractivity contribution is 5.67. The van der Waals surface area contributed by atoms with Gasteiger partial charge in [0.15, 0.2) is 0 Å². The van der Waals surface area contributed by atoms with Crippen LogP contribution < -0.4 is 0 Å². The predicted octanol–water partition coefficient (Wildman–Crippen LogP) is 2.46. The van der Waals surface area contributed by atoms with Crippen molar-refractivity contribution in [3.63, 3.8) is 0 Å². The maximum absolute atomic E-state index is 12.9. The zero-order valence-corrected chi connectivity index (χ0v) is 9.57. The molecule has 0 N–H and O–H groups in total. The lowest BCUT2D eigenvalue weighted by molar-refractivity contribution is 0.126. The highest BCUT2D eigenvalue weighted by Gasteiger charge is 2.10. The number of nitrogens with zero attached hydrogens (tertiary/aromatic N) is 1. The van der Waals surface area contributed by atoms with Gasteiger partial charge in [-0.1, -0.05) is 12.1 Å². The Bertz CT molecular complexity index is 355. The maximum Gasteiger partial charge on any atom is 0.409 e. The third-order valence-corrected chi connectivity index (χ3v) is 2.37. The lowest BCUT2D eigenvalue weighted by atomic mass is 10.1. The van der Waals surface area contributed by atoms with Crippen LogP contribution in [0.2, 0.25) is 0 Å². The van der Waals surface area contributed by atoms with Crippen LogP contribution in [-0.4, -0.2) is 31.2 Å². The molecular formula is C12H16FNO2. The Morgan fingerprint density at radius 1 is 1.50 bits per heavy atom. The molecule has 88 valence electrons. The maximum atomic E-state index is 12.9. The van der Waals surface area contributed by atoms with E-state index in [2.05, 4.69) is 4.74 Å². The van der Waals surface area contributed by atoms with Crippen LogP contribution in [0, 0.1) is 5.82 Å². The molecule has 0 atom stereocenters. The second-order valence-corrected chi connectivity index (χ2v) is 3.43. The minimum Gasteiger partial charge on any atom is -0.453 e. The van der Waals surface area contributed by atoms with Gasteiger partial charge in [0.25, 0.3) is 0 Å². The van der Waals surface area contributed by atoms with Crippen LogP contribution in [0.4, 0.5) is 9.18 Å². The average molecular weight is 225 g/mol. The van der Waals surface area contributed by atoms with E-state index >= 15 is 0 Å². The van der Waals surface area contributed by atoms with Gasteiger partial charge in [-0.05, 0) is 31.0 Å². The van der Waals surface area contributed by atoms with Crippen molar-refractivity contribution < 1.29 is 13.9 Å². The van der Waals surface area contributed by atoms with Crippen molar-refractivity contribution >= 4 is 6.09 Å². The molecule has 0 aliphatic heterocycles. The van der Waals surface area contributed by atoms with Crippen LogP contribution >= 0.6 is 0 Å². The third kappa shape index (κ3) is 3.53. The highest BCUT2D eigenvalue weighted by Crippen LogP contribution is 2.05. The molecular weight excluding hydrogens is 209 g/mol. The minimum absolute atomic E-state index is 0.251. The summed E-state index contributed by atoms with van der Waals surface area (Å²) in [7, 11) is 1.35. The van der Waals surface area contributed by atoms with Crippen LogP contribution in [0.3, 0.4) is 0 Å². The molecule has 1 aromatic carbocycles. The molecule has 0 fully saturated rings. The van der Waals surface area contributed by atoms with E-state index < -0.39 is 0 Å². The Labute approximate surface area is 94.8 Å². The topological polar surface area (TPSA) is 29.5 Å². The molecule has 1 rings (SSSR count). The number of halogens is 1. The first-order valence-corrected chi connectivity index (χ1v) is 5.24. The molecule has 0 aliphatic carbocycles. The summed E-state index contributed by atoms with van der Waals surface area (Å²) in [6.07, 6.45) is 0.277. The fraction of sp³-hybridized carbons (Fsp3) is 0.417. The van der Waals surface area contributed by atoms with E-state index in [9.17, 15) is 9.18 Å². The summed E-state index contributed by atoms with van der Waals surface area (Å²) in [6.45, 7) is 3.00. The molecule has 0 saturated heterocycles. The summed E-state index contributed by atoms with van der Waals surface area (Å²) in [6, 6.07) is 6.39. The van der Waals surface area contributed by atoms with E-state index in [-0.39, 0.29) is 11.9 Å². The number of ether oxygens (including phenoxy) is 1. The van der Waals surface area contributed by atoms with Crippen LogP contribution in [0.15, 0.2) is 24.3 Å². The van der Waals surface area contributed by atoms with Crippen molar-refractivity contribution in [1.29, 1.82) is 0 Å². The summed E-state index contributed by atoms with van der Waals surface area (Å²) in [5.41, 5.74) is 0.877. The molecule has 1 aromatic rings. The number of amides is 1. The summed E-state index contributed by atoms with van der Waals surface area (Å²) < 4.78 is 17.5. The second-order valence-electron chi connectivity index (χ2n) is 3.43. The summed E-state index contributed by atoms with van der Waals surface area (Å²) >= 11 is 0. The lowest BCUT2D eigenvalue weighted by Crippen LogP contribution is -2.32. The Morgan fingerprint density at radius 3 is 2.81 bits per heavy atom. The van der Waals surface area contributed by atoms with Gasteiger partial charge in [0.05, 0.1) is 7.11 Å². The van der Waals surface area contributed by atoms with Gasteiger partial charge in [-0.15, -0.1) is 0 Å². The molecule has 0 heterocycles. The Kier molecular flexibility index (Phi) is 4.76. The number of likely N-dealkylation sites (N-methyl/N-ethyl adjacent to an activating group) is 1. The lowest BCUT2D eigenvalue weighted by Gasteiger charge is -2.18. The van der Waals surface area contributed by atoms with Crippen LogP contribution in [-0.2, 0) is 11.2 Å². The number of carbonyl (C=O) groups is 1. The quantitative estimate of drug-likeness (QED) is 0.787. The van der Waals surface area contributed by atoms with Gasteiger partial charge in [0.2, 0.25) is 0 Å². The largest absolute Gasteiger partial charge is 0.453 e. The van der Waals surface area contributed by atoms with Crippen molar-refractivity contribution in [2.75, 3.05) is 20.2 Å². The third-order valence-electron chi connectivity index (χ3n) is 2.37. The molecule has 0 spiro atoms. The molecule has 0 radical (unpaired) electrons. The smallest absolute Gasteiger partial charge is 0.409 e. The minimum atomic E-state index is -0.348. The molecule has 0 saturated carbocycles. The van der Waals surface area contributed by atoms with E-state index in [1.165, 1.54) is 19.2 Å². The van der Waals surface area contributed by atoms with Crippen LogP contribution in [0.5, 0.6) is 0 Å². The number of methoxy groups -OCH3 is 1. The Morgan fingerprint density at radius 2 is 2.25 bits per heavy atom. The first-order valence-electron chi connectivity index (χ1n) is 5.24. The Hall–Kier alpha value is -1.58. The van der Waals surface area contributed by atoms with Crippen molar-refractivity contribution in [1.82, 2.24) is 4.90 Å². The van der Waals surface area contributed by atoms with Gasteiger partial charge in [-0.2, -0.15) is 0 Å². The number of carbonyl (C=O) groups excluding carboxylic acids is 1. The summed E-state index contributed by atoms with van der Waals surface area (Å²) in [5, 5.41) is 0. The zero-order chi connectivity index (χ0) is 12.0. The normalized spacial score (nSPS) is 9.94. The van der Waals surface area contributed by atoms with E-state index in [1.807, 2.05) is 13.0 Å². The number of hydrogen-bond donors (Lipinski definition) is 0. The van der Waals surface area contributed by atoms with Crippen molar-refractivity contribution in [2.24, 2.45) is 0 Å². The second kappa shape index (κ2) is 6.10.